The molecule has 2 rings (SSSR count). The zero-order chi connectivity index (χ0) is 14.6. The fraction of sp³-hybridized carbons (Fsp3) is 0.769. The molecule has 6 nitrogen and oxygen atoms in total. The molecule has 2 fully saturated rings. The third-order valence-electron chi connectivity index (χ3n) is 3.84. The average molecular weight is 300 g/mol. The quantitative estimate of drug-likeness (QED) is 0.788. The minimum atomic E-state index is -0.903. The Hall–Kier alpha value is -1.24. The summed E-state index contributed by atoms with van der Waals surface area (Å²) in [6, 6.07) is 0. The van der Waals surface area contributed by atoms with Crippen LogP contribution in [0.5, 0.6) is 0 Å². The van der Waals surface area contributed by atoms with Crippen LogP contribution in [-0.2, 0) is 14.3 Å². The van der Waals surface area contributed by atoms with E-state index in [4.69, 9.17) is 4.74 Å². The van der Waals surface area contributed by atoms with Gasteiger partial charge in [-0.15, -0.1) is 0 Å². The fourth-order valence-corrected chi connectivity index (χ4v) is 3.60. The Balaban J connectivity index is 1.98. The summed E-state index contributed by atoms with van der Waals surface area (Å²) in [5.41, 5.74) is -0.903. The fourth-order valence-electron chi connectivity index (χ4n) is 2.78. The third kappa shape index (κ3) is 3.26. The molecule has 1 saturated heterocycles. The Kier molecular flexibility index (Phi) is 4.91. The Morgan fingerprint density at radius 3 is 2.60 bits per heavy atom. The number of nitrogens with one attached hydrogen (secondary N) is 1. The number of hydrogen-bond acceptors (Lipinski definition) is 5. The summed E-state index contributed by atoms with van der Waals surface area (Å²) < 4.78 is 4.85. The number of nitrogens with zero attached hydrogens (tertiary/aromatic N) is 1. The van der Waals surface area contributed by atoms with E-state index < -0.39 is 5.54 Å². The molecule has 0 radical (unpaired) electrons. The summed E-state index contributed by atoms with van der Waals surface area (Å²) in [7, 11) is 1.34. The summed E-state index contributed by atoms with van der Waals surface area (Å²) in [6.07, 6.45) is 4.07. The second kappa shape index (κ2) is 6.47. The molecule has 1 aliphatic heterocycles. The van der Waals surface area contributed by atoms with Crippen LogP contribution in [0.25, 0.3) is 0 Å². The molecule has 0 unspecified atom stereocenters. The number of thioether (sulfide) groups is 1. The molecule has 1 N–H and O–H groups in total. The van der Waals surface area contributed by atoms with Gasteiger partial charge in [-0.25, -0.2) is 4.79 Å². The van der Waals surface area contributed by atoms with E-state index in [1.165, 1.54) is 23.8 Å². The highest BCUT2D eigenvalue weighted by molar-refractivity contribution is 8.13. The van der Waals surface area contributed by atoms with Gasteiger partial charge in [0.2, 0.25) is 5.91 Å². The second-order valence-corrected chi connectivity index (χ2v) is 6.26. The van der Waals surface area contributed by atoms with E-state index in [0.717, 1.165) is 19.3 Å². The van der Waals surface area contributed by atoms with E-state index in [0.29, 0.717) is 25.1 Å². The monoisotopic (exact) mass is 300 g/mol. The summed E-state index contributed by atoms with van der Waals surface area (Å²) in [6.45, 7) is 0.604. The van der Waals surface area contributed by atoms with Crippen LogP contribution >= 0.6 is 11.8 Å². The smallest absolute Gasteiger partial charge is 0.331 e. The maximum absolute atomic E-state index is 12.1. The van der Waals surface area contributed by atoms with Gasteiger partial charge in [-0.1, -0.05) is 31.0 Å². The molecular weight excluding hydrogens is 280 g/mol. The third-order valence-corrected chi connectivity index (χ3v) is 4.73. The van der Waals surface area contributed by atoms with Gasteiger partial charge >= 0.3 is 5.97 Å². The van der Waals surface area contributed by atoms with Crippen LogP contribution in [0.3, 0.4) is 0 Å². The van der Waals surface area contributed by atoms with Crippen LogP contribution in [-0.4, -0.2) is 53.5 Å². The summed E-state index contributed by atoms with van der Waals surface area (Å²) in [5, 5.41) is 2.74. The highest BCUT2D eigenvalue weighted by Crippen LogP contribution is 2.29. The largest absolute Gasteiger partial charge is 0.467 e. The molecule has 2 amide bonds. The van der Waals surface area contributed by atoms with Crippen molar-refractivity contribution in [1.29, 1.82) is 0 Å². The molecule has 0 bridgehead atoms. The van der Waals surface area contributed by atoms with Gasteiger partial charge in [0.15, 0.2) is 0 Å². The average Bonchev–Trinajstić information content (AvgIpc) is 2.84. The summed E-state index contributed by atoms with van der Waals surface area (Å²) >= 11 is 1.22. The number of hydrogen-bond donors (Lipinski definition) is 1. The van der Waals surface area contributed by atoms with Crippen LogP contribution in [0, 0.1) is 0 Å². The van der Waals surface area contributed by atoms with Gasteiger partial charge in [0.05, 0.1) is 7.11 Å². The lowest BCUT2D eigenvalue weighted by Gasteiger charge is -2.35. The molecule has 0 aromatic heterocycles. The standard InChI is InChI=1S/C13H20N2O4S/c1-19-11(17)13(5-3-2-4-6-13)14-10(16)9-15-7-8-20-12(15)18/h2-9H2,1H3,(H,14,16). The Morgan fingerprint density at radius 1 is 1.35 bits per heavy atom. The summed E-state index contributed by atoms with van der Waals surface area (Å²) in [4.78, 5) is 37.1. The van der Waals surface area contributed by atoms with Crippen molar-refractivity contribution in [3.05, 3.63) is 0 Å². The molecule has 20 heavy (non-hydrogen) atoms. The first-order chi connectivity index (χ1) is 9.57. The molecule has 0 atom stereocenters. The van der Waals surface area contributed by atoms with E-state index in [2.05, 4.69) is 5.32 Å². The van der Waals surface area contributed by atoms with Crippen LogP contribution in [0.1, 0.15) is 32.1 Å². The molecular formula is C13H20N2O4S. The van der Waals surface area contributed by atoms with Crippen molar-refractivity contribution in [3.8, 4) is 0 Å². The maximum Gasteiger partial charge on any atom is 0.331 e. The number of ether oxygens (including phenoxy) is 1. The molecule has 1 heterocycles. The van der Waals surface area contributed by atoms with Gasteiger partial charge in [0, 0.05) is 12.3 Å². The predicted molar refractivity (Wildman–Crippen MR) is 75.4 cm³/mol. The maximum atomic E-state index is 12.1. The first kappa shape index (κ1) is 15.2. The van der Waals surface area contributed by atoms with Gasteiger partial charge in [-0.05, 0) is 12.8 Å². The number of esters is 1. The van der Waals surface area contributed by atoms with Gasteiger partial charge in [0.1, 0.15) is 12.1 Å². The molecule has 0 aromatic carbocycles. The number of carbonyl (C=O) groups excluding carboxylic acids is 3. The second-order valence-electron chi connectivity index (χ2n) is 5.22. The molecule has 1 aliphatic carbocycles. The molecule has 0 aromatic rings. The lowest BCUT2D eigenvalue weighted by molar-refractivity contribution is -0.152. The molecule has 7 heteroatoms. The number of carbonyl (C=O) groups is 3. The topological polar surface area (TPSA) is 75.7 Å². The van der Waals surface area contributed by atoms with Crippen molar-refractivity contribution in [1.82, 2.24) is 10.2 Å². The minimum Gasteiger partial charge on any atom is -0.467 e. The van der Waals surface area contributed by atoms with Crippen molar-refractivity contribution in [3.63, 3.8) is 0 Å². The minimum absolute atomic E-state index is 0.0184. The van der Waals surface area contributed by atoms with Crippen molar-refractivity contribution in [2.45, 2.75) is 37.6 Å². The normalized spacial score (nSPS) is 21.6. The highest BCUT2D eigenvalue weighted by atomic mass is 32.2. The number of amides is 2. The first-order valence-electron chi connectivity index (χ1n) is 6.88. The Bertz CT molecular complexity index is 407. The molecule has 1 saturated carbocycles. The van der Waals surface area contributed by atoms with E-state index in [-0.39, 0.29) is 23.7 Å². The Labute approximate surface area is 122 Å². The van der Waals surface area contributed by atoms with Crippen LogP contribution < -0.4 is 5.32 Å². The van der Waals surface area contributed by atoms with Crippen molar-refractivity contribution >= 4 is 28.9 Å². The van der Waals surface area contributed by atoms with E-state index in [9.17, 15) is 14.4 Å². The van der Waals surface area contributed by atoms with Gasteiger partial charge in [-0.2, -0.15) is 0 Å². The number of methoxy groups -OCH3 is 1. The lowest BCUT2D eigenvalue weighted by Crippen LogP contribution is -2.57. The van der Waals surface area contributed by atoms with E-state index in [1.54, 1.807) is 0 Å². The van der Waals surface area contributed by atoms with Crippen LogP contribution in [0.4, 0.5) is 4.79 Å². The zero-order valence-electron chi connectivity index (χ0n) is 11.6. The van der Waals surface area contributed by atoms with E-state index in [1.807, 2.05) is 0 Å². The van der Waals surface area contributed by atoms with Crippen LogP contribution in [0.2, 0.25) is 0 Å². The Morgan fingerprint density at radius 2 is 2.05 bits per heavy atom. The SMILES string of the molecule is COC(=O)C1(NC(=O)CN2CCSC2=O)CCCCC1. The molecule has 112 valence electrons. The lowest BCUT2D eigenvalue weighted by atomic mass is 9.81. The van der Waals surface area contributed by atoms with E-state index >= 15 is 0 Å². The number of rotatable bonds is 4. The highest BCUT2D eigenvalue weighted by Gasteiger charge is 2.42. The van der Waals surface area contributed by atoms with Crippen molar-refractivity contribution in [2.75, 3.05) is 26.0 Å². The van der Waals surface area contributed by atoms with Crippen molar-refractivity contribution in [2.24, 2.45) is 0 Å². The van der Waals surface area contributed by atoms with Crippen molar-refractivity contribution < 1.29 is 19.1 Å². The molecule has 0 spiro atoms. The predicted octanol–water partition coefficient (Wildman–Crippen LogP) is 1.15. The van der Waals surface area contributed by atoms with Gasteiger partial charge < -0.3 is 15.0 Å². The van der Waals surface area contributed by atoms with Gasteiger partial charge in [0.25, 0.3) is 5.24 Å². The molecule has 2 aliphatic rings. The summed E-state index contributed by atoms with van der Waals surface area (Å²) in [5.74, 6) is 0.0506. The zero-order valence-corrected chi connectivity index (χ0v) is 12.5. The first-order valence-corrected chi connectivity index (χ1v) is 7.87. The van der Waals surface area contributed by atoms with Crippen LogP contribution in [0.15, 0.2) is 0 Å². The van der Waals surface area contributed by atoms with Gasteiger partial charge in [-0.3, -0.25) is 9.59 Å².